The van der Waals surface area contributed by atoms with Gasteiger partial charge in [-0.05, 0) is 48.5 Å². The SMILES string of the molecule is O=C(Nc1ccccc1)Nc1ccc(S(=O)(=O)NC(=O)c2ccccc2O)cc1. The summed E-state index contributed by atoms with van der Waals surface area (Å²) >= 11 is 0. The van der Waals surface area contributed by atoms with Crippen LogP contribution in [0.3, 0.4) is 0 Å². The molecule has 0 unspecified atom stereocenters. The Bertz CT molecular complexity index is 1130. The molecule has 3 rings (SSSR count). The number of urea groups is 1. The van der Waals surface area contributed by atoms with Crippen molar-refractivity contribution in [2.75, 3.05) is 10.6 Å². The number of phenols is 1. The van der Waals surface area contributed by atoms with Crippen LogP contribution in [0.5, 0.6) is 5.75 Å². The minimum absolute atomic E-state index is 0.160. The van der Waals surface area contributed by atoms with Crippen LogP contribution in [0.25, 0.3) is 0 Å². The van der Waals surface area contributed by atoms with E-state index in [1.807, 2.05) is 10.8 Å². The van der Waals surface area contributed by atoms with Crippen molar-refractivity contribution >= 4 is 33.3 Å². The van der Waals surface area contributed by atoms with Crippen molar-refractivity contribution in [1.29, 1.82) is 0 Å². The molecule has 0 atom stereocenters. The lowest BCUT2D eigenvalue weighted by molar-refractivity contribution is 0.0979. The number of hydrogen-bond acceptors (Lipinski definition) is 5. The van der Waals surface area contributed by atoms with Crippen LogP contribution < -0.4 is 15.4 Å². The number of rotatable bonds is 5. The van der Waals surface area contributed by atoms with E-state index in [4.69, 9.17) is 0 Å². The molecule has 0 heterocycles. The third-order valence-corrected chi connectivity index (χ3v) is 5.18. The molecule has 0 saturated heterocycles. The normalized spacial score (nSPS) is 10.8. The van der Waals surface area contributed by atoms with Crippen molar-refractivity contribution in [1.82, 2.24) is 4.72 Å². The van der Waals surface area contributed by atoms with E-state index in [0.29, 0.717) is 11.4 Å². The summed E-state index contributed by atoms with van der Waals surface area (Å²) in [6.07, 6.45) is 0. The van der Waals surface area contributed by atoms with Crippen LogP contribution in [0, 0.1) is 0 Å². The minimum atomic E-state index is -4.16. The zero-order valence-electron chi connectivity index (χ0n) is 15.0. The van der Waals surface area contributed by atoms with Gasteiger partial charge in [0.05, 0.1) is 10.5 Å². The van der Waals surface area contributed by atoms with E-state index in [0.717, 1.165) is 0 Å². The standard InChI is InChI=1S/C20H17N3O5S/c24-18-9-5-4-8-17(18)19(25)23-29(27,28)16-12-10-15(11-13-16)22-20(26)21-14-6-2-1-3-7-14/h1-13,24H,(H,23,25)(H2,21,22,26). The highest BCUT2D eigenvalue weighted by atomic mass is 32.2. The summed E-state index contributed by atoms with van der Waals surface area (Å²) in [7, 11) is -4.16. The predicted molar refractivity (Wildman–Crippen MR) is 108 cm³/mol. The molecule has 0 saturated carbocycles. The zero-order chi connectivity index (χ0) is 20.9. The minimum Gasteiger partial charge on any atom is -0.507 e. The number of nitrogens with one attached hydrogen (secondary N) is 3. The number of aromatic hydroxyl groups is 1. The van der Waals surface area contributed by atoms with Gasteiger partial charge in [-0.2, -0.15) is 0 Å². The van der Waals surface area contributed by atoms with Crippen LogP contribution in [0.4, 0.5) is 16.2 Å². The number of para-hydroxylation sites is 2. The van der Waals surface area contributed by atoms with E-state index in [2.05, 4.69) is 10.6 Å². The highest BCUT2D eigenvalue weighted by molar-refractivity contribution is 7.90. The van der Waals surface area contributed by atoms with E-state index in [9.17, 15) is 23.1 Å². The Balaban J connectivity index is 1.66. The summed E-state index contributed by atoms with van der Waals surface area (Å²) < 4.78 is 26.7. The maximum atomic E-state index is 12.4. The van der Waals surface area contributed by atoms with E-state index < -0.39 is 22.0 Å². The number of sulfonamides is 1. The van der Waals surface area contributed by atoms with Gasteiger partial charge in [0.25, 0.3) is 15.9 Å². The number of carbonyl (C=O) groups is 2. The van der Waals surface area contributed by atoms with Gasteiger partial charge in [-0.15, -0.1) is 0 Å². The number of carbonyl (C=O) groups excluding carboxylic acids is 2. The molecule has 0 aliphatic carbocycles. The molecule has 3 aromatic carbocycles. The third kappa shape index (κ3) is 5.11. The molecule has 0 radical (unpaired) electrons. The topological polar surface area (TPSA) is 125 Å². The fraction of sp³-hybridized carbons (Fsp3) is 0. The molecule has 0 fully saturated rings. The van der Waals surface area contributed by atoms with Crippen molar-refractivity contribution in [2.45, 2.75) is 4.90 Å². The van der Waals surface area contributed by atoms with Gasteiger partial charge in [-0.3, -0.25) is 4.79 Å². The number of anilines is 2. The molecule has 0 aliphatic heterocycles. The van der Waals surface area contributed by atoms with E-state index in [-0.39, 0.29) is 16.2 Å². The fourth-order valence-electron chi connectivity index (χ4n) is 2.43. The van der Waals surface area contributed by atoms with Gasteiger partial charge < -0.3 is 15.7 Å². The van der Waals surface area contributed by atoms with E-state index in [1.165, 1.54) is 48.5 Å². The van der Waals surface area contributed by atoms with Crippen LogP contribution in [0.1, 0.15) is 10.4 Å². The molecular weight excluding hydrogens is 394 g/mol. The molecule has 4 N–H and O–H groups in total. The molecule has 3 aromatic rings. The molecule has 0 spiro atoms. The van der Waals surface area contributed by atoms with Gasteiger partial charge in [0.2, 0.25) is 0 Å². The summed E-state index contributed by atoms with van der Waals surface area (Å²) in [6, 6.07) is 19.2. The Kier molecular flexibility index (Phi) is 5.79. The van der Waals surface area contributed by atoms with Crippen LogP contribution >= 0.6 is 0 Å². The Hall–Kier alpha value is -3.85. The van der Waals surface area contributed by atoms with Crippen LogP contribution in [-0.2, 0) is 10.0 Å². The van der Waals surface area contributed by atoms with Gasteiger partial charge >= 0.3 is 6.03 Å². The van der Waals surface area contributed by atoms with Crippen molar-refractivity contribution in [3.05, 3.63) is 84.4 Å². The summed E-state index contributed by atoms with van der Waals surface area (Å²) in [4.78, 5) is 23.9. The highest BCUT2D eigenvalue weighted by Crippen LogP contribution is 2.18. The smallest absolute Gasteiger partial charge is 0.323 e. The van der Waals surface area contributed by atoms with Crippen LogP contribution in [0.15, 0.2) is 83.8 Å². The van der Waals surface area contributed by atoms with Crippen molar-refractivity contribution in [2.24, 2.45) is 0 Å². The molecule has 3 amide bonds. The molecule has 0 aliphatic rings. The first kappa shape index (κ1) is 19.9. The van der Waals surface area contributed by atoms with Crippen molar-refractivity contribution in [3.63, 3.8) is 0 Å². The molecule has 148 valence electrons. The Morgan fingerprint density at radius 1 is 0.724 bits per heavy atom. The van der Waals surface area contributed by atoms with Crippen molar-refractivity contribution < 1.29 is 23.1 Å². The average molecular weight is 411 g/mol. The van der Waals surface area contributed by atoms with Gasteiger partial charge in [-0.25, -0.2) is 17.9 Å². The van der Waals surface area contributed by atoms with Gasteiger partial charge in [0.15, 0.2) is 0 Å². The largest absolute Gasteiger partial charge is 0.507 e. The second-order valence-corrected chi connectivity index (χ2v) is 7.60. The molecule has 0 bridgehead atoms. The van der Waals surface area contributed by atoms with E-state index in [1.54, 1.807) is 24.3 Å². The second-order valence-electron chi connectivity index (χ2n) is 5.92. The first-order chi connectivity index (χ1) is 13.8. The lowest BCUT2D eigenvalue weighted by Gasteiger charge is -2.10. The van der Waals surface area contributed by atoms with Crippen molar-refractivity contribution in [3.8, 4) is 5.75 Å². The average Bonchev–Trinajstić information content (AvgIpc) is 2.69. The summed E-state index contributed by atoms with van der Waals surface area (Å²) in [6.45, 7) is 0. The quantitative estimate of drug-likeness (QED) is 0.513. The molecule has 9 heteroatoms. The first-order valence-electron chi connectivity index (χ1n) is 8.43. The van der Waals surface area contributed by atoms with Crippen LogP contribution in [0.2, 0.25) is 0 Å². The maximum absolute atomic E-state index is 12.4. The first-order valence-corrected chi connectivity index (χ1v) is 9.92. The zero-order valence-corrected chi connectivity index (χ0v) is 15.8. The lowest BCUT2D eigenvalue weighted by atomic mass is 10.2. The molecule has 0 aromatic heterocycles. The second kappa shape index (κ2) is 8.44. The lowest BCUT2D eigenvalue weighted by Crippen LogP contribution is -2.30. The van der Waals surface area contributed by atoms with Gasteiger partial charge in [0.1, 0.15) is 5.75 Å². The van der Waals surface area contributed by atoms with Gasteiger partial charge in [0, 0.05) is 11.4 Å². The summed E-state index contributed by atoms with van der Waals surface area (Å²) in [5.41, 5.74) is 0.812. The fourth-order valence-corrected chi connectivity index (χ4v) is 3.40. The molecule has 29 heavy (non-hydrogen) atoms. The summed E-state index contributed by atoms with van der Waals surface area (Å²) in [5.74, 6) is -1.28. The third-order valence-electron chi connectivity index (χ3n) is 3.83. The molecular formula is C20H17N3O5S. The number of phenolic OH excluding ortho intramolecular Hbond substituents is 1. The molecule has 8 nitrogen and oxygen atoms in total. The van der Waals surface area contributed by atoms with Crippen LogP contribution in [-0.4, -0.2) is 25.5 Å². The Labute approximate surface area is 167 Å². The number of amides is 3. The predicted octanol–water partition coefficient (Wildman–Crippen LogP) is 3.15. The maximum Gasteiger partial charge on any atom is 0.323 e. The highest BCUT2D eigenvalue weighted by Gasteiger charge is 2.20. The monoisotopic (exact) mass is 411 g/mol. The summed E-state index contributed by atoms with van der Waals surface area (Å²) in [5, 5.41) is 14.9. The number of hydrogen-bond donors (Lipinski definition) is 4. The number of benzene rings is 3. The van der Waals surface area contributed by atoms with Gasteiger partial charge in [-0.1, -0.05) is 30.3 Å². The Morgan fingerprint density at radius 2 is 1.28 bits per heavy atom. The Morgan fingerprint density at radius 3 is 1.90 bits per heavy atom. The van der Waals surface area contributed by atoms with E-state index >= 15 is 0 Å².